The zero-order valence-electron chi connectivity index (χ0n) is 9.73. The van der Waals surface area contributed by atoms with E-state index in [-0.39, 0.29) is 0 Å². The zero-order valence-corrected chi connectivity index (χ0v) is 9.73. The van der Waals surface area contributed by atoms with Crippen LogP contribution in [0.4, 0.5) is 0 Å². The van der Waals surface area contributed by atoms with E-state index in [9.17, 15) is 0 Å². The second-order valence-corrected chi connectivity index (χ2v) is 4.01. The first-order chi connectivity index (χ1) is 8.24. The van der Waals surface area contributed by atoms with Gasteiger partial charge in [-0.1, -0.05) is 0 Å². The molecule has 4 heteroatoms. The number of fused-ring (bicyclic) bond motifs is 1. The molecule has 0 radical (unpaired) electrons. The van der Waals surface area contributed by atoms with Crippen LogP contribution in [0.1, 0.15) is 11.4 Å². The summed E-state index contributed by atoms with van der Waals surface area (Å²) in [6.45, 7) is 4.21. The van der Waals surface area contributed by atoms with Crippen molar-refractivity contribution in [1.82, 2.24) is 9.97 Å². The van der Waals surface area contributed by atoms with Gasteiger partial charge in [-0.05, 0) is 37.6 Å². The van der Waals surface area contributed by atoms with Crippen LogP contribution in [-0.4, -0.2) is 16.8 Å². The van der Waals surface area contributed by atoms with Gasteiger partial charge in [0, 0.05) is 11.8 Å². The molecule has 4 nitrogen and oxygen atoms in total. The van der Waals surface area contributed by atoms with Crippen LogP contribution in [0.15, 0.2) is 24.4 Å². The minimum atomic E-state index is 0.293. The molecule has 0 bridgehead atoms. The number of rotatable bonds is 1. The van der Waals surface area contributed by atoms with E-state index in [1.54, 1.807) is 6.20 Å². The maximum Gasteiger partial charge on any atom is 0.231 e. The van der Waals surface area contributed by atoms with Crippen LogP contribution in [-0.2, 0) is 0 Å². The topological polar surface area (TPSA) is 44.2 Å². The fraction of sp³-hybridized carbons (Fsp3) is 0.231. The molecule has 17 heavy (non-hydrogen) atoms. The molecule has 0 fully saturated rings. The maximum atomic E-state index is 5.38. The molecule has 1 aromatic carbocycles. The standard InChI is InChI=1S/C13H12N2O2/c1-8-5-12-13(17-7-16-12)6-10(8)11-3-4-14-9(2)15-11/h3-6H,7H2,1-2H3. The number of aromatic nitrogens is 2. The first-order valence-electron chi connectivity index (χ1n) is 5.44. The zero-order chi connectivity index (χ0) is 11.8. The summed E-state index contributed by atoms with van der Waals surface area (Å²) in [6, 6.07) is 5.85. The van der Waals surface area contributed by atoms with Crippen molar-refractivity contribution in [2.75, 3.05) is 6.79 Å². The van der Waals surface area contributed by atoms with Gasteiger partial charge in [-0.15, -0.1) is 0 Å². The Balaban J connectivity index is 2.15. The molecule has 0 saturated heterocycles. The van der Waals surface area contributed by atoms with Crippen molar-refractivity contribution in [3.63, 3.8) is 0 Å². The highest BCUT2D eigenvalue weighted by atomic mass is 16.7. The van der Waals surface area contributed by atoms with E-state index in [4.69, 9.17) is 9.47 Å². The van der Waals surface area contributed by atoms with Crippen LogP contribution in [0.5, 0.6) is 11.5 Å². The fourth-order valence-electron chi connectivity index (χ4n) is 1.93. The van der Waals surface area contributed by atoms with Crippen molar-refractivity contribution < 1.29 is 9.47 Å². The predicted octanol–water partition coefficient (Wildman–Crippen LogP) is 2.49. The number of hydrogen-bond donors (Lipinski definition) is 0. The van der Waals surface area contributed by atoms with Crippen LogP contribution >= 0.6 is 0 Å². The Labute approximate surface area is 99.2 Å². The van der Waals surface area contributed by atoms with E-state index in [2.05, 4.69) is 9.97 Å². The molecular weight excluding hydrogens is 216 g/mol. The molecule has 0 spiro atoms. The maximum absolute atomic E-state index is 5.38. The highest BCUT2D eigenvalue weighted by Gasteiger charge is 2.16. The predicted molar refractivity (Wildman–Crippen MR) is 63.1 cm³/mol. The average Bonchev–Trinajstić information content (AvgIpc) is 2.75. The normalized spacial score (nSPS) is 12.8. The lowest BCUT2D eigenvalue weighted by atomic mass is 10.0. The van der Waals surface area contributed by atoms with Crippen molar-refractivity contribution in [3.8, 4) is 22.8 Å². The lowest BCUT2D eigenvalue weighted by Crippen LogP contribution is -1.93. The molecule has 2 heterocycles. The largest absolute Gasteiger partial charge is 0.454 e. The summed E-state index contributed by atoms with van der Waals surface area (Å²) in [5, 5.41) is 0. The van der Waals surface area contributed by atoms with Gasteiger partial charge in [0.2, 0.25) is 6.79 Å². The summed E-state index contributed by atoms with van der Waals surface area (Å²) in [6.07, 6.45) is 1.77. The molecule has 2 aromatic rings. The minimum Gasteiger partial charge on any atom is -0.454 e. The van der Waals surface area contributed by atoms with E-state index in [0.717, 1.165) is 34.1 Å². The van der Waals surface area contributed by atoms with Gasteiger partial charge in [0.1, 0.15) is 5.82 Å². The van der Waals surface area contributed by atoms with E-state index in [1.165, 1.54) is 0 Å². The Morgan fingerprint density at radius 3 is 2.65 bits per heavy atom. The van der Waals surface area contributed by atoms with Gasteiger partial charge in [-0.3, -0.25) is 0 Å². The molecule has 0 atom stereocenters. The van der Waals surface area contributed by atoms with Crippen molar-refractivity contribution in [2.45, 2.75) is 13.8 Å². The quantitative estimate of drug-likeness (QED) is 0.752. The lowest BCUT2D eigenvalue weighted by Gasteiger charge is -2.07. The SMILES string of the molecule is Cc1nccc(-c2cc3c(cc2C)OCO3)n1. The van der Waals surface area contributed by atoms with E-state index in [1.807, 2.05) is 32.0 Å². The van der Waals surface area contributed by atoms with Crippen LogP contribution in [0.3, 0.4) is 0 Å². The molecule has 1 aliphatic heterocycles. The summed E-state index contributed by atoms with van der Waals surface area (Å²) in [4.78, 5) is 8.52. The molecule has 0 amide bonds. The number of aryl methyl sites for hydroxylation is 2. The molecule has 0 saturated carbocycles. The lowest BCUT2D eigenvalue weighted by molar-refractivity contribution is 0.174. The van der Waals surface area contributed by atoms with E-state index in [0.29, 0.717) is 6.79 Å². The van der Waals surface area contributed by atoms with Crippen molar-refractivity contribution in [1.29, 1.82) is 0 Å². The van der Waals surface area contributed by atoms with Crippen molar-refractivity contribution >= 4 is 0 Å². The number of ether oxygens (including phenoxy) is 2. The Hall–Kier alpha value is -2.10. The van der Waals surface area contributed by atoms with Gasteiger partial charge in [-0.2, -0.15) is 0 Å². The van der Waals surface area contributed by atoms with Gasteiger partial charge in [-0.25, -0.2) is 9.97 Å². The van der Waals surface area contributed by atoms with Gasteiger partial charge >= 0.3 is 0 Å². The van der Waals surface area contributed by atoms with Crippen molar-refractivity contribution in [3.05, 3.63) is 35.8 Å². The number of hydrogen-bond acceptors (Lipinski definition) is 4. The second-order valence-electron chi connectivity index (χ2n) is 4.01. The first kappa shape index (κ1) is 10.1. The summed E-state index contributed by atoms with van der Waals surface area (Å²) >= 11 is 0. The summed E-state index contributed by atoms with van der Waals surface area (Å²) in [5.74, 6) is 2.35. The monoisotopic (exact) mass is 228 g/mol. The van der Waals surface area contributed by atoms with Crippen molar-refractivity contribution in [2.24, 2.45) is 0 Å². The fourth-order valence-corrected chi connectivity index (χ4v) is 1.93. The molecule has 0 aliphatic carbocycles. The Bertz CT molecular complexity index is 582. The van der Waals surface area contributed by atoms with E-state index >= 15 is 0 Å². The average molecular weight is 228 g/mol. The molecule has 86 valence electrons. The molecule has 1 aliphatic rings. The van der Waals surface area contributed by atoms with Gasteiger partial charge in [0.15, 0.2) is 11.5 Å². The highest BCUT2D eigenvalue weighted by Crippen LogP contribution is 2.37. The Morgan fingerprint density at radius 1 is 1.12 bits per heavy atom. The minimum absolute atomic E-state index is 0.293. The molecule has 1 aromatic heterocycles. The molecule has 3 rings (SSSR count). The third-order valence-electron chi connectivity index (χ3n) is 2.77. The summed E-state index contributed by atoms with van der Waals surface area (Å²) < 4.78 is 10.7. The summed E-state index contributed by atoms with van der Waals surface area (Å²) in [7, 11) is 0. The smallest absolute Gasteiger partial charge is 0.231 e. The Morgan fingerprint density at radius 2 is 1.88 bits per heavy atom. The Kier molecular flexibility index (Phi) is 2.21. The number of benzene rings is 1. The van der Waals surface area contributed by atoms with Crippen LogP contribution in [0, 0.1) is 13.8 Å². The second kappa shape index (κ2) is 3.73. The van der Waals surface area contributed by atoms with Gasteiger partial charge in [0.25, 0.3) is 0 Å². The third-order valence-corrected chi connectivity index (χ3v) is 2.77. The third kappa shape index (κ3) is 1.71. The van der Waals surface area contributed by atoms with Crippen LogP contribution < -0.4 is 9.47 Å². The summed E-state index contributed by atoms with van der Waals surface area (Å²) in [5.41, 5.74) is 3.08. The van der Waals surface area contributed by atoms with E-state index < -0.39 is 0 Å². The number of nitrogens with zero attached hydrogens (tertiary/aromatic N) is 2. The van der Waals surface area contributed by atoms with Crippen LogP contribution in [0.2, 0.25) is 0 Å². The molecular formula is C13H12N2O2. The highest BCUT2D eigenvalue weighted by molar-refractivity contribution is 5.68. The van der Waals surface area contributed by atoms with Gasteiger partial charge < -0.3 is 9.47 Å². The molecule has 0 N–H and O–H groups in total. The molecule has 0 unspecified atom stereocenters. The van der Waals surface area contributed by atoms with Crippen LogP contribution in [0.25, 0.3) is 11.3 Å². The first-order valence-corrected chi connectivity index (χ1v) is 5.44. The van der Waals surface area contributed by atoms with Gasteiger partial charge in [0.05, 0.1) is 5.69 Å².